The van der Waals surface area contributed by atoms with E-state index in [-0.39, 0.29) is 6.61 Å². The van der Waals surface area contributed by atoms with Crippen LogP contribution in [-0.2, 0) is 11.0 Å². The Labute approximate surface area is 166 Å². The van der Waals surface area contributed by atoms with Gasteiger partial charge in [-0.05, 0) is 51.5 Å². The fourth-order valence-electron chi connectivity index (χ4n) is 2.40. The molecule has 8 heteroatoms. The first-order chi connectivity index (χ1) is 12.5. The topological polar surface area (TPSA) is 96.3 Å². The van der Waals surface area contributed by atoms with Gasteiger partial charge in [-0.1, -0.05) is 17.5 Å². The minimum Gasteiger partial charge on any atom is -0.487 e. The molecular formula is C19H25ClN4O2Si. The average molecular weight is 405 g/mol. The average Bonchev–Trinajstić information content (AvgIpc) is 2.53. The number of nitrogen functional groups attached to an aromatic ring is 2. The van der Waals surface area contributed by atoms with E-state index in [0.717, 1.165) is 0 Å². The van der Waals surface area contributed by atoms with E-state index >= 15 is 0 Å². The molecule has 0 aliphatic heterocycles. The smallest absolute Gasteiger partial charge is 0.185 e. The van der Waals surface area contributed by atoms with E-state index in [9.17, 15) is 0 Å². The van der Waals surface area contributed by atoms with Crippen molar-refractivity contribution in [2.45, 2.75) is 45.7 Å². The lowest BCUT2D eigenvalue weighted by atomic mass is 10.1. The van der Waals surface area contributed by atoms with Crippen LogP contribution < -0.4 is 16.2 Å². The molecule has 1 aromatic heterocycles. The highest BCUT2D eigenvalue weighted by molar-refractivity contribution is 6.69. The van der Waals surface area contributed by atoms with Gasteiger partial charge in [0.1, 0.15) is 35.7 Å². The number of hydrogen-bond acceptors (Lipinski definition) is 6. The van der Waals surface area contributed by atoms with Gasteiger partial charge in [-0.15, -0.1) is 0 Å². The van der Waals surface area contributed by atoms with Crippen molar-refractivity contribution in [3.63, 3.8) is 0 Å². The lowest BCUT2D eigenvalue weighted by Crippen LogP contribution is -2.37. The summed E-state index contributed by atoms with van der Waals surface area (Å²) in [7, 11) is -1.72. The molecule has 0 spiro atoms. The molecule has 6 nitrogen and oxygen atoms in total. The molecule has 0 radical (unpaired) electrons. The van der Waals surface area contributed by atoms with Gasteiger partial charge in [-0.25, -0.2) is 9.97 Å². The van der Waals surface area contributed by atoms with Gasteiger partial charge in [-0.2, -0.15) is 0 Å². The lowest BCUT2D eigenvalue weighted by Gasteiger charge is -2.28. The number of nitrogens with zero attached hydrogens (tertiary/aromatic N) is 2. The van der Waals surface area contributed by atoms with Gasteiger partial charge >= 0.3 is 0 Å². The molecule has 4 N–H and O–H groups in total. The zero-order chi connectivity index (χ0) is 20.2. The molecule has 0 bridgehead atoms. The van der Waals surface area contributed by atoms with Crippen molar-refractivity contribution in [2.75, 3.05) is 11.5 Å². The highest BCUT2D eigenvalue weighted by Crippen LogP contribution is 2.25. The standard InChI is InChI=1S/C19H25ClN4O2Si/c1-19(2,26-27(3,4)5)9-8-16-18(22)17(24-12-23-16)11-25-13-6-7-15(21)14(20)10-13/h6-7,10,12H,11,21-22H2,1-5H3. The van der Waals surface area contributed by atoms with E-state index < -0.39 is 13.9 Å². The summed E-state index contributed by atoms with van der Waals surface area (Å²) < 4.78 is 11.8. The second kappa shape index (κ2) is 8.17. The highest BCUT2D eigenvalue weighted by atomic mass is 35.5. The van der Waals surface area contributed by atoms with Crippen LogP contribution in [-0.4, -0.2) is 23.9 Å². The van der Waals surface area contributed by atoms with E-state index in [1.54, 1.807) is 18.2 Å². The molecule has 0 atom stereocenters. The summed E-state index contributed by atoms with van der Waals surface area (Å²) in [6.07, 6.45) is 1.42. The number of anilines is 2. The van der Waals surface area contributed by atoms with Crippen molar-refractivity contribution in [2.24, 2.45) is 0 Å². The second-order valence-electron chi connectivity index (χ2n) is 7.53. The maximum absolute atomic E-state index is 6.17. The van der Waals surface area contributed by atoms with Gasteiger partial charge < -0.3 is 20.6 Å². The first kappa shape index (κ1) is 21.0. The van der Waals surface area contributed by atoms with Crippen LogP contribution in [0.1, 0.15) is 25.2 Å². The van der Waals surface area contributed by atoms with Crippen molar-refractivity contribution in [3.8, 4) is 17.6 Å². The number of halogens is 1. The summed E-state index contributed by atoms with van der Waals surface area (Å²) in [6.45, 7) is 10.4. The SMILES string of the molecule is CC(C)(C#Cc1ncnc(COc2ccc(N)c(Cl)c2)c1N)O[Si](C)(C)C. The number of benzene rings is 1. The zero-order valence-electron chi connectivity index (χ0n) is 16.3. The van der Waals surface area contributed by atoms with Crippen LogP contribution in [0.5, 0.6) is 5.75 Å². The van der Waals surface area contributed by atoms with Crippen LogP contribution in [0.3, 0.4) is 0 Å². The van der Waals surface area contributed by atoms with E-state index in [2.05, 4.69) is 41.4 Å². The molecule has 0 aliphatic rings. The fraction of sp³-hybridized carbons (Fsp3) is 0.368. The van der Waals surface area contributed by atoms with Crippen molar-refractivity contribution in [1.82, 2.24) is 9.97 Å². The van der Waals surface area contributed by atoms with Gasteiger partial charge in [0.2, 0.25) is 0 Å². The molecular weight excluding hydrogens is 380 g/mol. The summed E-state index contributed by atoms with van der Waals surface area (Å²) in [5.74, 6) is 6.69. The number of rotatable bonds is 5. The van der Waals surface area contributed by atoms with Crippen LogP contribution in [0, 0.1) is 11.8 Å². The molecule has 0 saturated carbocycles. The minimum atomic E-state index is -1.72. The fourth-order valence-corrected chi connectivity index (χ4v) is 4.15. The van der Waals surface area contributed by atoms with E-state index in [0.29, 0.717) is 33.5 Å². The molecule has 144 valence electrons. The molecule has 0 saturated heterocycles. The van der Waals surface area contributed by atoms with Crippen LogP contribution in [0.25, 0.3) is 0 Å². The Balaban J connectivity index is 2.16. The summed E-state index contributed by atoms with van der Waals surface area (Å²) in [5.41, 5.74) is 13.2. The summed E-state index contributed by atoms with van der Waals surface area (Å²) >= 11 is 6.00. The van der Waals surface area contributed by atoms with Crippen molar-refractivity contribution < 1.29 is 9.16 Å². The Hall–Kier alpha value is -2.27. The number of nitrogens with two attached hydrogens (primary N) is 2. The second-order valence-corrected chi connectivity index (χ2v) is 12.4. The third-order valence-electron chi connectivity index (χ3n) is 3.36. The normalized spacial score (nSPS) is 11.6. The summed E-state index contributed by atoms with van der Waals surface area (Å²) in [4.78, 5) is 8.36. The largest absolute Gasteiger partial charge is 0.487 e. The van der Waals surface area contributed by atoms with Gasteiger partial charge in [0.15, 0.2) is 8.32 Å². The first-order valence-electron chi connectivity index (χ1n) is 8.47. The van der Waals surface area contributed by atoms with E-state index in [1.807, 2.05) is 13.8 Å². The molecule has 0 unspecified atom stereocenters. The lowest BCUT2D eigenvalue weighted by molar-refractivity contribution is 0.164. The monoisotopic (exact) mass is 404 g/mol. The Bertz CT molecular complexity index is 885. The van der Waals surface area contributed by atoms with Gasteiger partial charge in [0, 0.05) is 6.07 Å². The van der Waals surface area contributed by atoms with Crippen molar-refractivity contribution >= 4 is 31.3 Å². The molecule has 0 aliphatic carbocycles. The number of hydrogen-bond donors (Lipinski definition) is 2. The molecule has 1 aromatic carbocycles. The van der Waals surface area contributed by atoms with Crippen LogP contribution in [0.15, 0.2) is 24.5 Å². The Kier molecular flexibility index (Phi) is 6.37. The van der Waals surface area contributed by atoms with Gasteiger partial charge in [0.25, 0.3) is 0 Å². The zero-order valence-corrected chi connectivity index (χ0v) is 18.0. The Morgan fingerprint density at radius 1 is 1.19 bits per heavy atom. The van der Waals surface area contributed by atoms with Crippen molar-refractivity contribution in [3.05, 3.63) is 40.9 Å². The van der Waals surface area contributed by atoms with Gasteiger partial charge in [0.05, 0.1) is 16.4 Å². The van der Waals surface area contributed by atoms with Gasteiger partial charge in [-0.3, -0.25) is 0 Å². The first-order valence-corrected chi connectivity index (χ1v) is 12.3. The van der Waals surface area contributed by atoms with Crippen molar-refractivity contribution in [1.29, 1.82) is 0 Å². The molecule has 1 heterocycles. The van der Waals surface area contributed by atoms with Crippen LogP contribution >= 0.6 is 11.6 Å². The molecule has 27 heavy (non-hydrogen) atoms. The maximum Gasteiger partial charge on any atom is 0.185 e. The van der Waals surface area contributed by atoms with Crippen LogP contribution in [0.2, 0.25) is 24.7 Å². The quantitative estimate of drug-likeness (QED) is 0.446. The summed E-state index contributed by atoms with van der Waals surface area (Å²) in [5, 5.41) is 0.430. The third-order valence-corrected chi connectivity index (χ3v) is 4.81. The predicted molar refractivity (Wildman–Crippen MR) is 112 cm³/mol. The third kappa shape index (κ3) is 6.43. The number of aromatic nitrogens is 2. The predicted octanol–water partition coefficient (Wildman–Crippen LogP) is 3.86. The molecule has 0 amide bonds. The maximum atomic E-state index is 6.17. The number of ether oxygens (including phenoxy) is 1. The van der Waals surface area contributed by atoms with E-state index in [1.165, 1.54) is 6.33 Å². The Morgan fingerprint density at radius 3 is 2.52 bits per heavy atom. The van der Waals surface area contributed by atoms with E-state index in [4.69, 9.17) is 32.2 Å². The molecule has 2 rings (SSSR count). The molecule has 2 aromatic rings. The minimum absolute atomic E-state index is 0.165. The van der Waals surface area contributed by atoms with Crippen LogP contribution in [0.4, 0.5) is 11.4 Å². The Morgan fingerprint density at radius 2 is 1.89 bits per heavy atom. The highest BCUT2D eigenvalue weighted by Gasteiger charge is 2.25. The molecule has 0 fully saturated rings. The summed E-state index contributed by atoms with van der Waals surface area (Å²) in [6, 6.07) is 5.05.